The highest BCUT2D eigenvalue weighted by Gasteiger charge is 2.36. The van der Waals surface area contributed by atoms with E-state index in [0.29, 0.717) is 37.8 Å². The van der Waals surface area contributed by atoms with Gasteiger partial charge in [0.25, 0.3) is 0 Å². The number of aryl methyl sites for hydroxylation is 2. The average Bonchev–Trinajstić information content (AvgIpc) is 3.29. The highest BCUT2D eigenvalue weighted by Crippen LogP contribution is 2.18. The maximum absolute atomic E-state index is 12.4. The first kappa shape index (κ1) is 17.6. The van der Waals surface area contributed by atoms with Gasteiger partial charge >= 0.3 is 0 Å². The van der Waals surface area contributed by atoms with E-state index in [2.05, 4.69) is 14.8 Å². The summed E-state index contributed by atoms with van der Waals surface area (Å²) >= 11 is 0. The lowest BCUT2D eigenvalue weighted by atomic mass is 10.2. The summed E-state index contributed by atoms with van der Waals surface area (Å²) < 4.78 is 7.45. The Morgan fingerprint density at radius 2 is 2.12 bits per heavy atom. The summed E-state index contributed by atoms with van der Waals surface area (Å²) in [6.07, 6.45) is 4.71. The van der Waals surface area contributed by atoms with Gasteiger partial charge in [0.1, 0.15) is 0 Å². The van der Waals surface area contributed by atoms with E-state index in [-0.39, 0.29) is 11.9 Å². The van der Waals surface area contributed by atoms with Crippen LogP contribution in [0.25, 0.3) is 0 Å². The number of amides is 1. The zero-order valence-electron chi connectivity index (χ0n) is 14.7. The van der Waals surface area contributed by atoms with E-state index in [4.69, 9.17) is 4.42 Å². The predicted octanol–water partition coefficient (Wildman–Crippen LogP) is 0.663. The number of β-amino-alcohol motifs (C(OH)–C–C–N with tert-alkyl or cyclic N) is 1. The summed E-state index contributed by atoms with van der Waals surface area (Å²) in [6, 6.07) is 3.83. The minimum atomic E-state index is -0.567. The molecule has 3 heterocycles. The van der Waals surface area contributed by atoms with Crippen LogP contribution in [0.1, 0.15) is 24.6 Å². The smallest absolute Gasteiger partial charge is 0.230 e. The van der Waals surface area contributed by atoms with Crippen molar-refractivity contribution in [2.45, 2.75) is 45.0 Å². The number of nitrogens with zero attached hydrogens (tertiary/aromatic N) is 5. The van der Waals surface area contributed by atoms with Gasteiger partial charge in [-0.25, -0.2) is 0 Å². The number of hydrogen-bond donors (Lipinski definition) is 1. The molecule has 0 spiro atoms. The molecule has 0 radical (unpaired) electrons. The second-order valence-electron chi connectivity index (χ2n) is 6.59. The van der Waals surface area contributed by atoms with Gasteiger partial charge in [0.15, 0.2) is 0 Å². The minimum absolute atomic E-state index is 0.0933. The molecule has 136 valence electrons. The number of likely N-dealkylation sites (tertiary alicyclic amines) is 1. The van der Waals surface area contributed by atoms with Crippen molar-refractivity contribution < 1.29 is 14.3 Å². The van der Waals surface area contributed by atoms with Gasteiger partial charge in [-0.05, 0) is 25.6 Å². The van der Waals surface area contributed by atoms with E-state index in [1.807, 2.05) is 36.5 Å². The SMILES string of the molecule is Cc1nnc(CN(C)[C@H]2CN(C(=O)CCCn3cccc3)C[C@H]2O)o1. The fourth-order valence-electron chi connectivity index (χ4n) is 3.23. The lowest BCUT2D eigenvalue weighted by Gasteiger charge is -2.24. The van der Waals surface area contributed by atoms with Crippen LogP contribution in [0.3, 0.4) is 0 Å². The first-order chi connectivity index (χ1) is 12.0. The molecule has 1 aliphatic rings. The van der Waals surface area contributed by atoms with Crippen LogP contribution >= 0.6 is 0 Å². The van der Waals surface area contributed by atoms with Crippen molar-refractivity contribution >= 4 is 5.91 Å². The molecule has 1 saturated heterocycles. The quantitative estimate of drug-likeness (QED) is 0.792. The molecular formula is C17H25N5O3. The van der Waals surface area contributed by atoms with Gasteiger partial charge in [0.05, 0.1) is 18.7 Å². The van der Waals surface area contributed by atoms with E-state index in [1.54, 1.807) is 11.8 Å². The fraction of sp³-hybridized carbons (Fsp3) is 0.588. The molecule has 0 aliphatic carbocycles. The van der Waals surface area contributed by atoms with Crippen molar-refractivity contribution in [3.63, 3.8) is 0 Å². The fourth-order valence-corrected chi connectivity index (χ4v) is 3.23. The van der Waals surface area contributed by atoms with Crippen LogP contribution in [0.4, 0.5) is 0 Å². The number of likely N-dealkylation sites (N-methyl/N-ethyl adjacent to an activating group) is 1. The molecule has 2 aromatic rings. The Morgan fingerprint density at radius 3 is 2.80 bits per heavy atom. The summed E-state index contributed by atoms with van der Waals surface area (Å²) in [5, 5.41) is 18.1. The number of carbonyl (C=O) groups is 1. The molecule has 8 heteroatoms. The van der Waals surface area contributed by atoms with Crippen LogP contribution in [0.5, 0.6) is 0 Å². The number of aromatic nitrogens is 3. The van der Waals surface area contributed by atoms with E-state index < -0.39 is 6.10 Å². The summed E-state index contributed by atoms with van der Waals surface area (Å²) in [5.74, 6) is 1.13. The number of aliphatic hydroxyl groups excluding tert-OH is 1. The molecule has 8 nitrogen and oxygen atoms in total. The molecule has 1 fully saturated rings. The van der Waals surface area contributed by atoms with E-state index in [9.17, 15) is 9.90 Å². The molecule has 1 aliphatic heterocycles. The minimum Gasteiger partial charge on any atom is -0.424 e. The van der Waals surface area contributed by atoms with Crippen molar-refractivity contribution in [1.29, 1.82) is 0 Å². The monoisotopic (exact) mass is 347 g/mol. The largest absolute Gasteiger partial charge is 0.424 e. The van der Waals surface area contributed by atoms with Crippen LogP contribution in [0.15, 0.2) is 28.9 Å². The van der Waals surface area contributed by atoms with Crippen LogP contribution in [0, 0.1) is 6.92 Å². The molecule has 1 N–H and O–H groups in total. The molecule has 2 atom stereocenters. The maximum Gasteiger partial charge on any atom is 0.230 e. The predicted molar refractivity (Wildman–Crippen MR) is 90.5 cm³/mol. The molecule has 2 aromatic heterocycles. The zero-order chi connectivity index (χ0) is 17.8. The third kappa shape index (κ3) is 4.46. The summed E-state index contributed by atoms with van der Waals surface area (Å²) in [7, 11) is 1.90. The Kier molecular flexibility index (Phi) is 5.50. The average molecular weight is 347 g/mol. The highest BCUT2D eigenvalue weighted by atomic mass is 16.4. The van der Waals surface area contributed by atoms with E-state index >= 15 is 0 Å². The van der Waals surface area contributed by atoms with E-state index in [1.165, 1.54) is 0 Å². The van der Waals surface area contributed by atoms with Crippen molar-refractivity contribution in [3.8, 4) is 0 Å². The third-order valence-electron chi connectivity index (χ3n) is 4.60. The van der Waals surface area contributed by atoms with Crippen molar-refractivity contribution in [2.24, 2.45) is 0 Å². The second-order valence-corrected chi connectivity index (χ2v) is 6.59. The summed E-state index contributed by atoms with van der Waals surface area (Å²) in [6.45, 7) is 3.93. The van der Waals surface area contributed by atoms with Crippen LogP contribution < -0.4 is 0 Å². The normalized spacial score (nSPS) is 20.6. The van der Waals surface area contributed by atoms with Gasteiger partial charge in [-0.2, -0.15) is 0 Å². The number of rotatable bonds is 7. The Morgan fingerprint density at radius 1 is 1.36 bits per heavy atom. The molecule has 0 saturated carbocycles. The Hall–Kier alpha value is -2.19. The first-order valence-corrected chi connectivity index (χ1v) is 8.59. The van der Waals surface area contributed by atoms with Gasteiger partial charge in [0, 0.05) is 45.4 Å². The van der Waals surface area contributed by atoms with Crippen molar-refractivity contribution in [3.05, 3.63) is 36.3 Å². The van der Waals surface area contributed by atoms with Crippen LogP contribution in [-0.4, -0.2) is 67.9 Å². The summed E-state index contributed by atoms with van der Waals surface area (Å²) in [5.41, 5.74) is 0. The van der Waals surface area contributed by atoms with Crippen LogP contribution in [-0.2, 0) is 17.9 Å². The lowest BCUT2D eigenvalue weighted by molar-refractivity contribution is -0.130. The Bertz CT molecular complexity index is 684. The molecule has 0 bridgehead atoms. The molecule has 0 aromatic carbocycles. The molecular weight excluding hydrogens is 322 g/mol. The number of carbonyl (C=O) groups excluding carboxylic acids is 1. The Balaban J connectivity index is 1.47. The first-order valence-electron chi connectivity index (χ1n) is 8.59. The molecule has 0 unspecified atom stereocenters. The highest BCUT2D eigenvalue weighted by molar-refractivity contribution is 5.76. The molecule has 1 amide bonds. The second kappa shape index (κ2) is 7.79. The van der Waals surface area contributed by atoms with Gasteiger partial charge in [-0.3, -0.25) is 9.69 Å². The maximum atomic E-state index is 12.4. The number of hydrogen-bond acceptors (Lipinski definition) is 6. The third-order valence-corrected chi connectivity index (χ3v) is 4.60. The topological polar surface area (TPSA) is 87.6 Å². The standard InChI is InChI=1S/C17H25N5O3/c1-13-18-19-16(25-13)12-20(2)14-10-22(11-15(14)23)17(24)6-5-9-21-7-3-4-8-21/h3-4,7-8,14-15,23H,5-6,9-12H2,1-2H3/t14-,15+/m0/s1. The van der Waals surface area contributed by atoms with Crippen LogP contribution in [0.2, 0.25) is 0 Å². The molecule has 25 heavy (non-hydrogen) atoms. The van der Waals surface area contributed by atoms with Crippen molar-refractivity contribution in [1.82, 2.24) is 24.6 Å². The van der Waals surface area contributed by atoms with Gasteiger partial charge in [-0.15, -0.1) is 10.2 Å². The van der Waals surface area contributed by atoms with Gasteiger partial charge in [0.2, 0.25) is 17.7 Å². The van der Waals surface area contributed by atoms with Crippen molar-refractivity contribution in [2.75, 3.05) is 20.1 Å². The number of aliphatic hydroxyl groups is 1. The van der Waals surface area contributed by atoms with Gasteiger partial charge < -0.3 is 19.0 Å². The zero-order valence-corrected chi connectivity index (χ0v) is 14.7. The Labute approximate surface area is 147 Å². The summed E-state index contributed by atoms with van der Waals surface area (Å²) in [4.78, 5) is 16.1. The van der Waals surface area contributed by atoms with E-state index in [0.717, 1.165) is 13.0 Å². The molecule has 3 rings (SSSR count). The lowest BCUT2D eigenvalue weighted by Crippen LogP contribution is -2.40. The van der Waals surface area contributed by atoms with Gasteiger partial charge in [-0.1, -0.05) is 0 Å².